The summed E-state index contributed by atoms with van der Waals surface area (Å²) in [5.74, 6) is -6.59. The second-order valence-electron chi connectivity index (χ2n) is 3.19. The molecule has 0 unspecified atom stereocenters. The molecule has 16 heavy (non-hydrogen) atoms. The Balaban J connectivity index is 2.57. The zero-order valence-corrected chi connectivity index (χ0v) is 9.08. The quantitative estimate of drug-likeness (QED) is 0.823. The third-order valence-electron chi connectivity index (χ3n) is 1.98. The number of halogens is 4. The van der Waals surface area contributed by atoms with Crippen LogP contribution in [-0.2, 0) is 11.3 Å². The van der Waals surface area contributed by atoms with Crippen molar-refractivity contribution in [3.63, 3.8) is 0 Å². The van der Waals surface area contributed by atoms with Gasteiger partial charge in [-0.15, -0.1) is 0 Å². The molecular formula is C9H9F4NOS. The van der Waals surface area contributed by atoms with Gasteiger partial charge in [-0.3, -0.25) is 4.79 Å². The molecule has 2 nitrogen and oxygen atoms in total. The van der Waals surface area contributed by atoms with E-state index in [4.69, 9.17) is 0 Å². The van der Waals surface area contributed by atoms with E-state index in [1.54, 1.807) is 23.0 Å². The molecule has 0 aliphatic heterocycles. The molecule has 7 heteroatoms. The number of thiophene rings is 1. The number of carbonyl (C=O) groups is 1. The van der Waals surface area contributed by atoms with Crippen LogP contribution in [-0.4, -0.2) is 18.3 Å². The second kappa shape index (κ2) is 4.82. The Bertz CT molecular complexity index is 377. The Kier molecular flexibility index (Phi) is 3.90. The molecule has 0 fully saturated rings. The van der Waals surface area contributed by atoms with Crippen LogP contribution in [0.2, 0.25) is 0 Å². The lowest BCUT2D eigenvalue weighted by atomic mass is 10.2. The van der Waals surface area contributed by atoms with Crippen LogP contribution in [0.25, 0.3) is 0 Å². The van der Waals surface area contributed by atoms with Crippen molar-refractivity contribution >= 4 is 17.2 Å². The molecule has 90 valence electrons. The van der Waals surface area contributed by atoms with Crippen LogP contribution in [0.4, 0.5) is 17.6 Å². The largest absolute Gasteiger partial charge is 0.383 e. The van der Waals surface area contributed by atoms with Gasteiger partial charge in [0.2, 0.25) is 0 Å². The highest BCUT2D eigenvalue weighted by Gasteiger charge is 2.48. The van der Waals surface area contributed by atoms with Crippen molar-refractivity contribution in [1.29, 1.82) is 0 Å². The number of nitrogens with one attached hydrogen (secondary N) is 1. The van der Waals surface area contributed by atoms with Crippen molar-refractivity contribution < 1.29 is 22.4 Å². The van der Waals surface area contributed by atoms with E-state index in [0.717, 1.165) is 5.56 Å². The Morgan fingerprint density at radius 1 is 1.50 bits per heavy atom. The number of alkyl halides is 4. The maximum absolute atomic E-state index is 12.5. The fourth-order valence-electron chi connectivity index (χ4n) is 0.960. The molecule has 1 aromatic rings. The highest BCUT2D eigenvalue weighted by atomic mass is 32.1. The van der Waals surface area contributed by atoms with Crippen LogP contribution in [0, 0.1) is 6.92 Å². The normalized spacial score (nSPS) is 11.9. The predicted octanol–water partition coefficient (Wildman–Crippen LogP) is 2.57. The first-order valence-corrected chi connectivity index (χ1v) is 5.26. The third kappa shape index (κ3) is 2.72. The number of rotatable bonds is 4. The van der Waals surface area contributed by atoms with Crippen LogP contribution < -0.4 is 5.32 Å². The minimum atomic E-state index is -4.63. The van der Waals surface area contributed by atoms with Gasteiger partial charge < -0.3 is 5.32 Å². The summed E-state index contributed by atoms with van der Waals surface area (Å²) in [6.07, 6.45) is -3.99. The number of carbonyl (C=O) groups excluding carboxylic acids is 1. The van der Waals surface area contributed by atoms with E-state index in [0.29, 0.717) is 5.56 Å². The minimum Gasteiger partial charge on any atom is -0.347 e. The van der Waals surface area contributed by atoms with Gasteiger partial charge in [0.05, 0.1) is 0 Å². The first-order valence-electron chi connectivity index (χ1n) is 4.31. The SMILES string of the molecule is Cc1cscc1CNC(=O)C(F)(F)C(F)F. The minimum absolute atomic E-state index is 0.170. The van der Waals surface area contributed by atoms with Crippen LogP contribution >= 0.6 is 11.3 Å². The number of aryl methyl sites for hydroxylation is 1. The Labute approximate surface area is 93.3 Å². The molecule has 0 spiro atoms. The number of hydrogen-bond acceptors (Lipinski definition) is 2. The molecule has 0 radical (unpaired) electrons. The third-order valence-corrected chi connectivity index (χ3v) is 2.89. The van der Waals surface area contributed by atoms with Crippen molar-refractivity contribution in [3.05, 3.63) is 21.9 Å². The van der Waals surface area contributed by atoms with Crippen molar-refractivity contribution in [3.8, 4) is 0 Å². The van der Waals surface area contributed by atoms with Crippen molar-refractivity contribution in [2.24, 2.45) is 0 Å². The van der Waals surface area contributed by atoms with Gasteiger partial charge in [-0.1, -0.05) is 0 Å². The molecule has 0 aliphatic rings. The Morgan fingerprint density at radius 2 is 2.12 bits per heavy atom. The first kappa shape index (κ1) is 13.0. The molecule has 1 N–H and O–H groups in total. The molecule has 0 aromatic carbocycles. The van der Waals surface area contributed by atoms with Crippen LogP contribution in [0.1, 0.15) is 11.1 Å². The topological polar surface area (TPSA) is 29.1 Å². The van der Waals surface area contributed by atoms with Crippen molar-refractivity contribution in [1.82, 2.24) is 5.32 Å². The van der Waals surface area contributed by atoms with Gasteiger partial charge in [0.1, 0.15) is 0 Å². The number of amides is 1. The van der Waals surface area contributed by atoms with E-state index in [9.17, 15) is 22.4 Å². The summed E-state index contributed by atoms with van der Waals surface area (Å²) in [7, 11) is 0. The molecule has 0 atom stereocenters. The summed E-state index contributed by atoms with van der Waals surface area (Å²) in [6, 6.07) is 0. The molecule has 1 aromatic heterocycles. The highest BCUT2D eigenvalue weighted by Crippen LogP contribution is 2.23. The maximum Gasteiger partial charge on any atom is 0.383 e. The van der Waals surface area contributed by atoms with Gasteiger partial charge in [-0.2, -0.15) is 20.1 Å². The first-order chi connectivity index (χ1) is 7.35. The summed E-state index contributed by atoms with van der Waals surface area (Å²) in [5, 5.41) is 5.22. The zero-order valence-electron chi connectivity index (χ0n) is 8.27. The average molecular weight is 255 g/mol. The van der Waals surface area contributed by atoms with E-state index in [2.05, 4.69) is 0 Å². The standard InChI is InChI=1S/C9H9F4NOS/c1-5-3-16-4-6(5)2-14-8(15)9(12,13)7(10)11/h3-4,7H,2H2,1H3,(H,14,15). The highest BCUT2D eigenvalue weighted by molar-refractivity contribution is 7.08. The van der Waals surface area contributed by atoms with Crippen LogP contribution in [0.15, 0.2) is 10.8 Å². The molecule has 0 bridgehead atoms. The van der Waals surface area contributed by atoms with Crippen molar-refractivity contribution in [2.45, 2.75) is 25.8 Å². The van der Waals surface area contributed by atoms with Crippen LogP contribution in [0.5, 0.6) is 0 Å². The second-order valence-corrected chi connectivity index (χ2v) is 3.93. The summed E-state index contributed by atoms with van der Waals surface area (Å²) in [5.41, 5.74) is 1.47. The molecule has 0 saturated carbocycles. The van der Waals surface area contributed by atoms with Crippen LogP contribution in [0.3, 0.4) is 0 Å². The molecule has 0 aliphatic carbocycles. The average Bonchev–Trinajstić information content (AvgIpc) is 2.60. The number of hydrogen-bond donors (Lipinski definition) is 1. The van der Waals surface area contributed by atoms with Gasteiger partial charge in [-0.25, -0.2) is 8.78 Å². The van der Waals surface area contributed by atoms with Gasteiger partial charge in [0.25, 0.3) is 5.91 Å². The lowest BCUT2D eigenvalue weighted by Crippen LogP contribution is -2.44. The van der Waals surface area contributed by atoms with E-state index in [-0.39, 0.29) is 6.54 Å². The summed E-state index contributed by atoms with van der Waals surface area (Å²) >= 11 is 1.34. The Morgan fingerprint density at radius 3 is 2.56 bits per heavy atom. The summed E-state index contributed by atoms with van der Waals surface area (Å²) in [6.45, 7) is 1.57. The summed E-state index contributed by atoms with van der Waals surface area (Å²) < 4.78 is 48.6. The van der Waals surface area contributed by atoms with Gasteiger partial charge in [0.15, 0.2) is 0 Å². The van der Waals surface area contributed by atoms with Gasteiger partial charge in [0, 0.05) is 6.54 Å². The fraction of sp³-hybridized carbons (Fsp3) is 0.444. The lowest BCUT2D eigenvalue weighted by molar-refractivity contribution is -0.169. The molecule has 1 heterocycles. The lowest BCUT2D eigenvalue weighted by Gasteiger charge is -2.14. The van der Waals surface area contributed by atoms with E-state index >= 15 is 0 Å². The molecule has 0 saturated heterocycles. The Hall–Kier alpha value is -1.11. The molecular weight excluding hydrogens is 246 g/mol. The predicted molar refractivity (Wildman–Crippen MR) is 51.9 cm³/mol. The molecule has 1 amide bonds. The fourth-order valence-corrected chi connectivity index (χ4v) is 1.82. The monoisotopic (exact) mass is 255 g/mol. The molecule has 1 rings (SSSR count). The smallest absolute Gasteiger partial charge is 0.347 e. The summed E-state index contributed by atoms with van der Waals surface area (Å²) in [4.78, 5) is 10.8. The zero-order chi connectivity index (χ0) is 12.3. The van der Waals surface area contributed by atoms with Crippen molar-refractivity contribution in [2.75, 3.05) is 0 Å². The van der Waals surface area contributed by atoms with Gasteiger partial charge >= 0.3 is 12.3 Å². The van der Waals surface area contributed by atoms with E-state index in [1.165, 1.54) is 11.3 Å². The van der Waals surface area contributed by atoms with E-state index in [1.807, 2.05) is 0 Å². The van der Waals surface area contributed by atoms with Gasteiger partial charge in [-0.05, 0) is 28.8 Å². The van der Waals surface area contributed by atoms with E-state index < -0.39 is 18.3 Å². The maximum atomic E-state index is 12.5.